The van der Waals surface area contributed by atoms with E-state index in [9.17, 15) is 22.8 Å². The van der Waals surface area contributed by atoms with Gasteiger partial charge in [-0.2, -0.15) is 13.2 Å². The van der Waals surface area contributed by atoms with Crippen LogP contribution in [0.15, 0.2) is 23.1 Å². The summed E-state index contributed by atoms with van der Waals surface area (Å²) in [4.78, 5) is 34.0. The largest absolute Gasteiger partial charge is 0.391 e. The number of hydrogen-bond acceptors (Lipinski definition) is 5. The van der Waals surface area contributed by atoms with Crippen molar-refractivity contribution in [3.8, 4) is 0 Å². The quantitative estimate of drug-likeness (QED) is 0.492. The van der Waals surface area contributed by atoms with Gasteiger partial charge in [0.1, 0.15) is 0 Å². The molecule has 0 radical (unpaired) electrons. The molecule has 5 rings (SSSR count). The molecule has 7 nitrogen and oxygen atoms in total. The lowest BCUT2D eigenvalue weighted by Gasteiger charge is -2.36. The van der Waals surface area contributed by atoms with Crippen molar-refractivity contribution < 1.29 is 22.7 Å². The van der Waals surface area contributed by atoms with Crippen LogP contribution >= 0.6 is 0 Å². The summed E-state index contributed by atoms with van der Waals surface area (Å²) in [6, 6.07) is 3.79. The number of carbonyl (C=O) groups is 1. The fourth-order valence-electron chi connectivity index (χ4n) is 7.09. The minimum Gasteiger partial charge on any atom is -0.379 e. The molecule has 1 amide bonds. The monoisotopic (exact) mass is 576 g/mol. The van der Waals surface area contributed by atoms with Gasteiger partial charge in [0.15, 0.2) is 0 Å². The van der Waals surface area contributed by atoms with Crippen LogP contribution in [-0.2, 0) is 16.1 Å². The zero-order valence-corrected chi connectivity index (χ0v) is 24.2. The van der Waals surface area contributed by atoms with Gasteiger partial charge in [0.05, 0.1) is 24.6 Å². The van der Waals surface area contributed by atoms with E-state index in [2.05, 4.69) is 22.1 Å². The van der Waals surface area contributed by atoms with E-state index in [0.29, 0.717) is 25.8 Å². The first-order valence-corrected chi connectivity index (χ1v) is 15.3. The van der Waals surface area contributed by atoms with E-state index in [1.54, 1.807) is 0 Å². The number of nitrogens with one attached hydrogen (secondary N) is 1. The molecule has 1 saturated heterocycles. The predicted molar refractivity (Wildman–Crippen MR) is 152 cm³/mol. The zero-order chi connectivity index (χ0) is 29.1. The van der Waals surface area contributed by atoms with Crippen molar-refractivity contribution in [3.05, 3.63) is 39.9 Å². The number of fused-ring (bicyclic) bond motifs is 1. The Hall–Kier alpha value is -2.46. The average molecular weight is 577 g/mol. The van der Waals surface area contributed by atoms with Crippen LogP contribution in [0.2, 0.25) is 0 Å². The number of rotatable bonds is 7. The first kappa shape index (κ1) is 30.0. The third kappa shape index (κ3) is 7.13. The van der Waals surface area contributed by atoms with Crippen molar-refractivity contribution in [2.24, 2.45) is 17.8 Å². The molecule has 0 bridgehead atoms. The zero-order valence-electron chi connectivity index (χ0n) is 24.2. The Balaban J connectivity index is 1.33. The number of nitrogens with zero attached hydrogens (tertiary/aromatic N) is 3. The molecule has 1 N–H and O–H groups in total. The van der Waals surface area contributed by atoms with Crippen LogP contribution in [0.25, 0.3) is 10.9 Å². The molecule has 3 heterocycles. The number of ether oxygens (including phenoxy) is 1. The second-order valence-electron chi connectivity index (χ2n) is 12.5. The number of amides is 1. The number of halogens is 3. The lowest BCUT2D eigenvalue weighted by molar-refractivity contribution is -0.186. The highest BCUT2D eigenvalue weighted by Crippen LogP contribution is 2.41. The lowest BCUT2D eigenvalue weighted by Crippen LogP contribution is -2.45. The first-order valence-electron chi connectivity index (χ1n) is 15.3. The first-order chi connectivity index (χ1) is 19.6. The Morgan fingerprint density at radius 3 is 2.63 bits per heavy atom. The van der Waals surface area contributed by atoms with E-state index in [4.69, 9.17) is 4.74 Å². The summed E-state index contributed by atoms with van der Waals surface area (Å²) in [5.41, 5.74) is 2.50. The van der Waals surface area contributed by atoms with E-state index < -0.39 is 18.0 Å². The molecule has 0 spiro atoms. The van der Waals surface area contributed by atoms with Gasteiger partial charge in [-0.1, -0.05) is 13.3 Å². The van der Waals surface area contributed by atoms with Crippen LogP contribution in [0, 0.1) is 24.7 Å². The van der Waals surface area contributed by atoms with E-state index >= 15 is 0 Å². The third-order valence-corrected chi connectivity index (χ3v) is 9.55. The molecule has 2 saturated carbocycles. The Morgan fingerprint density at radius 2 is 1.88 bits per heavy atom. The van der Waals surface area contributed by atoms with Crippen molar-refractivity contribution >= 4 is 16.8 Å². The molecular formula is C31H43F3N4O3. The molecule has 2 aromatic heterocycles. The Bertz CT molecular complexity index is 1270. The SMILES string of the molecule is Cc1cc2c(cn1)cc(C1CC(NC(=O)C3CCCC(C(F)(F)F)C3)CCC1C)c(=O)n2CCCN1CCOCC1. The fourth-order valence-corrected chi connectivity index (χ4v) is 7.09. The van der Waals surface area contributed by atoms with Gasteiger partial charge >= 0.3 is 6.18 Å². The van der Waals surface area contributed by atoms with Crippen molar-refractivity contribution in [2.45, 2.75) is 89.9 Å². The summed E-state index contributed by atoms with van der Waals surface area (Å²) in [5, 5.41) is 4.01. The second-order valence-corrected chi connectivity index (χ2v) is 12.5. The van der Waals surface area contributed by atoms with Crippen molar-refractivity contribution in [3.63, 3.8) is 0 Å². The predicted octanol–water partition coefficient (Wildman–Crippen LogP) is 5.18. The maximum absolute atomic E-state index is 14.0. The van der Waals surface area contributed by atoms with Crippen molar-refractivity contribution in [1.82, 2.24) is 19.8 Å². The van der Waals surface area contributed by atoms with Gasteiger partial charge in [-0.3, -0.25) is 19.5 Å². The minimum atomic E-state index is -4.25. The van der Waals surface area contributed by atoms with Crippen LogP contribution in [0.4, 0.5) is 13.2 Å². The Morgan fingerprint density at radius 1 is 1.10 bits per heavy atom. The smallest absolute Gasteiger partial charge is 0.379 e. The molecule has 5 atom stereocenters. The van der Waals surface area contributed by atoms with Gasteiger partial charge in [-0.15, -0.1) is 0 Å². The van der Waals surface area contributed by atoms with E-state index in [-0.39, 0.29) is 42.2 Å². The summed E-state index contributed by atoms with van der Waals surface area (Å²) in [7, 11) is 0. The van der Waals surface area contributed by atoms with Crippen molar-refractivity contribution in [2.75, 3.05) is 32.8 Å². The maximum Gasteiger partial charge on any atom is 0.391 e. The van der Waals surface area contributed by atoms with Crippen molar-refractivity contribution in [1.29, 1.82) is 0 Å². The van der Waals surface area contributed by atoms with Crippen LogP contribution in [0.3, 0.4) is 0 Å². The Labute approximate surface area is 239 Å². The highest BCUT2D eigenvalue weighted by atomic mass is 19.4. The minimum absolute atomic E-state index is 0.00852. The molecule has 0 aromatic carbocycles. The number of aromatic nitrogens is 2. The summed E-state index contributed by atoms with van der Waals surface area (Å²) >= 11 is 0. The standard InChI is InChI=1S/C31H43F3N4O3/c1-20-7-8-25(36-29(39)22-5-3-6-24(16-22)31(32,33)34)18-26(20)27-17-23-19-35-21(2)15-28(23)38(30(27)40)10-4-9-37-11-13-41-14-12-37/h15,17,19-20,22,24-26H,3-14,16,18H2,1-2H3,(H,36,39). The van der Waals surface area contributed by atoms with E-state index in [0.717, 1.165) is 74.3 Å². The maximum atomic E-state index is 14.0. The molecule has 226 valence electrons. The van der Waals surface area contributed by atoms with E-state index in [1.165, 1.54) is 0 Å². The normalized spacial score (nSPS) is 28.1. The molecule has 1 aliphatic heterocycles. The molecule has 10 heteroatoms. The topological polar surface area (TPSA) is 76.5 Å². The molecule has 3 aliphatic rings. The van der Waals surface area contributed by atoms with Crippen LogP contribution in [-0.4, -0.2) is 65.4 Å². The molecule has 2 aliphatic carbocycles. The molecule has 3 fully saturated rings. The number of pyridine rings is 2. The number of aryl methyl sites for hydroxylation is 2. The highest BCUT2D eigenvalue weighted by Gasteiger charge is 2.44. The average Bonchev–Trinajstić information content (AvgIpc) is 2.95. The molecule has 2 aromatic rings. The summed E-state index contributed by atoms with van der Waals surface area (Å²) in [6.07, 6.45) is 1.52. The van der Waals surface area contributed by atoms with Crippen LogP contribution in [0.5, 0.6) is 0 Å². The van der Waals surface area contributed by atoms with Gasteiger partial charge in [-0.25, -0.2) is 0 Å². The number of alkyl halides is 3. The van der Waals surface area contributed by atoms with Gasteiger partial charge in [-0.05, 0) is 75.8 Å². The summed E-state index contributed by atoms with van der Waals surface area (Å²) in [5.74, 6) is -2.07. The highest BCUT2D eigenvalue weighted by molar-refractivity contribution is 5.80. The lowest BCUT2D eigenvalue weighted by atomic mass is 9.74. The third-order valence-electron chi connectivity index (χ3n) is 9.55. The van der Waals surface area contributed by atoms with Gasteiger partial charge in [0, 0.05) is 61.0 Å². The number of carbonyl (C=O) groups excluding carboxylic acids is 1. The van der Waals surface area contributed by atoms with Crippen LogP contribution < -0.4 is 10.9 Å². The van der Waals surface area contributed by atoms with Gasteiger partial charge < -0.3 is 14.6 Å². The number of morpholine rings is 1. The van der Waals surface area contributed by atoms with E-state index in [1.807, 2.05) is 29.8 Å². The molecule has 41 heavy (non-hydrogen) atoms. The van der Waals surface area contributed by atoms with Crippen LogP contribution in [0.1, 0.15) is 75.5 Å². The summed E-state index contributed by atoms with van der Waals surface area (Å²) in [6.45, 7) is 8.87. The Kier molecular flexibility index (Phi) is 9.38. The second kappa shape index (κ2) is 12.8. The molecular weight excluding hydrogens is 533 g/mol. The van der Waals surface area contributed by atoms with Gasteiger partial charge in [0.25, 0.3) is 5.56 Å². The molecule has 5 unspecified atom stereocenters. The summed E-state index contributed by atoms with van der Waals surface area (Å²) < 4.78 is 47.3. The fraction of sp³-hybridized carbons (Fsp3) is 0.710. The van der Waals surface area contributed by atoms with Gasteiger partial charge in [0.2, 0.25) is 5.91 Å². The number of hydrogen-bond donors (Lipinski definition) is 1.